The van der Waals surface area contributed by atoms with Crippen molar-refractivity contribution >= 4 is 45.5 Å². The molecule has 0 unspecified atom stereocenters. The molecule has 1 amide bonds. The minimum atomic E-state index is -0.543. The summed E-state index contributed by atoms with van der Waals surface area (Å²) in [6.07, 6.45) is 0. The summed E-state index contributed by atoms with van der Waals surface area (Å²) in [5, 5.41) is 34.4. The molecule has 0 fully saturated rings. The van der Waals surface area contributed by atoms with E-state index in [4.69, 9.17) is 4.42 Å². The van der Waals surface area contributed by atoms with Crippen molar-refractivity contribution in [2.75, 3.05) is 11.1 Å². The number of aromatic nitrogens is 3. The molecule has 1 N–H and O–H groups in total. The molecule has 0 bridgehead atoms. The first kappa shape index (κ1) is 22.0. The fourth-order valence-electron chi connectivity index (χ4n) is 2.69. The third-order valence-corrected chi connectivity index (χ3v) is 5.76. The van der Waals surface area contributed by atoms with Crippen molar-refractivity contribution in [3.05, 3.63) is 74.1 Å². The second-order valence-corrected chi connectivity index (χ2v) is 8.11. The summed E-state index contributed by atoms with van der Waals surface area (Å²) in [6, 6.07) is 11.9. The molecule has 2 heterocycles. The standard InChI is InChI=1S/C19H12N6O6S2/c26-16(21-18-20-14(9-32-18)11-5-7-12(8-6-11)24(27)28)10-33-19-23-22-17(31-19)13-3-1-2-4-15(13)25(29)30/h1-9H,10H2,(H,20,21,26). The molecule has 0 aliphatic heterocycles. The van der Waals surface area contributed by atoms with Crippen LogP contribution in [-0.2, 0) is 4.79 Å². The lowest BCUT2D eigenvalue weighted by Gasteiger charge is -2.00. The number of carbonyl (C=O) groups is 1. The monoisotopic (exact) mass is 484 g/mol. The predicted octanol–water partition coefficient (Wildman–Crippen LogP) is 4.41. The molecule has 0 saturated heterocycles. The van der Waals surface area contributed by atoms with Crippen LogP contribution in [0.15, 0.2) is 63.6 Å². The van der Waals surface area contributed by atoms with E-state index in [0.29, 0.717) is 16.4 Å². The first-order valence-electron chi connectivity index (χ1n) is 9.11. The Kier molecular flexibility index (Phi) is 6.37. The topological polar surface area (TPSA) is 167 Å². The number of hydrogen-bond acceptors (Lipinski definition) is 11. The number of thiazole rings is 1. The van der Waals surface area contributed by atoms with Crippen molar-refractivity contribution in [3.8, 4) is 22.7 Å². The number of nitrogens with one attached hydrogen (secondary N) is 1. The zero-order chi connectivity index (χ0) is 23.4. The smallest absolute Gasteiger partial charge is 0.282 e. The summed E-state index contributed by atoms with van der Waals surface area (Å²) >= 11 is 2.18. The lowest BCUT2D eigenvalue weighted by atomic mass is 10.1. The van der Waals surface area contributed by atoms with Gasteiger partial charge in [-0.1, -0.05) is 23.9 Å². The Hall–Kier alpha value is -4.17. The van der Waals surface area contributed by atoms with Gasteiger partial charge in [0, 0.05) is 29.1 Å². The summed E-state index contributed by atoms with van der Waals surface area (Å²) in [6.45, 7) is 0. The molecule has 0 spiro atoms. The molecule has 166 valence electrons. The molecule has 0 atom stereocenters. The maximum absolute atomic E-state index is 12.3. The highest BCUT2D eigenvalue weighted by molar-refractivity contribution is 7.99. The van der Waals surface area contributed by atoms with Crippen molar-refractivity contribution in [2.45, 2.75) is 5.22 Å². The molecule has 14 heteroatoms. The Morgan fingerprint density at radius 2 is 1.82 bits per heavy atom. The molecule has 33 heavy (non-hydrogen) atoms. The van der Waals surface area contributed by atoms with Crippen LogP contribution in [0.25, 0.3) is 22.7 Å². The maximum Gasteiger partial charge on any atom is 0.282 e. The number of amides is 1. The summed E-state index contributed by atoms with van der Waals surface area (Å²) in [7, 11) is 0. The minimum Gasteiger partial charge on any atom is -0.411 e. The number of non-ortho nitro benzene ring substituents is 1. The highest BCUT2D eigenvalue weighted by Crippen LogP contribution is 2.31. The van der Waals surface area contributed by atoms with Gasteiger partial charge in [-0.3, -0.25) is 25.0 Å². The van der Waals surface area contributed by atoms with Crippen molar-refractivity contribution in [1.82, 2.24) is 15.2 Å². The third-order valence-electron chi connectivity index (χ3n) is 4.19. The lowest BCUT2D eigenvalue weighted by molar-refractivity contribution is -0.384. The molecule has 4 rings (SSSR count). The van der Waals surface area contributed by atoms with Crippen LogP contribution in [0.1, 0.15) is 0 Å². The van der Waals surface area contributed by atoms with E-state index in [-0.39, 0.29) is 39.7 Å². The second kappa shape index (κ2) is 9.54. The Bertz CT molecular complexity index is 1340. The number of hydrogen-bond donors (Lipinski definition) is 1. The van der Waals surface area contributed by atoms with Crippen LogP contribution in [0.3, 0.4) is 0 Å². The van der Waals surface area contributed by atoms with Crippen LogP contribution in [0.5, 0.6) is 0 Å². The van der Waals surface area contributed by atoms with Crippen LogP contribution in [-0.4, -0.2) is 36.7 Å². The Morgan fingerprint density at radius 3 is 2.55 bits per heavy atom. The van der Waals surface area contributed by atoms with Crippen LogP contribution in [0.4, 0.5) is 16.5 Å². The second-order valence-electron chi connectivity index (χ2n) is 6.33. The number of carbonyl (C=O) groups excluding carboxylic acids is 1. The number of anilines is 1. The molecule has 12 nitrogen and oxygen atoms in total. The number of thioether (sulfide) groups is 1. The lowest BCUT2D eigenvalue weighted by Crippen LogP contribution is -2.13. The number of benzene rings is 2. The number of nitro benzene ring substituents is 2. The van der Waals surface area contributed by atoms with Gasteiger partial charge in [0.15, 0.2) is 5.13 Å². The Balaban J connectivity index is 1.35. The highest BCUT2D eigenvalue weighted by Gasteiger charge is 2.20. The van der Waals surface area contributed by atoms with Gasteiger partial charge in [0.2, 0.25) is 5.91 Å². The summed E-state index contributed by atoms with van der Waals surface area (Å²) in [4.78, 5) is 37.4. The zero-order valence-electron chi connectivity index (χ0n) is 16.4. The van der Waals surface area contributed by atoms with Gasteiger partial charge in [-0.2, -0.15) is 0 Å². The van der Waals surface area contributed by atoms with E-state index in [1.807, 2.05) is 0 Å². The van der Waals surface area contributed by atoms with Gasteiger partial charge >= 0.3 is 0 Å². The average molecular weight is 484 g/mol. The van der Waals surface area contributed by atoms with Crippen molar-refractivity contribution in [1.29, 1.82) is 0 Å². The zero-order valence-corrected chi connectivity index (χ0v) is 18.0. The van der Waals surface area contributed by atoms with E-state index in [1.54, 1.807) is 23.6 Å². The molecule has 0 aliphatic carbocycles. The molecule has 0 radical (unpaired) electrons. The summed E-state index contributed by atoms with van der Waals surface area (Å²) < 4.78 is 5.44. The number of para-hydroxylation sites is 1. The number of nitrogens with zero attached hydrogens (tertiary/aromatic N) is 5. The van der Waals surface area contributed by atoms with E-state index in [1.165, 1.54) is 41.7 Å². The van der Waals surface area contributed by atoms with E-state index < -0.39 is 9.85 Å². The fourth-order valence-corrected chi connectivity index (χ4v) is 3.99. The predicted molar refractivity (Wildman–Crippen MR) is 120 cm³/mol. The molecular formula is C19H12N6O6S2. The van der Waals surface area contributed by atoms with Crippen LogP contribution in [0, 0.1) is 20.2 Å². The molecule has 2 aromatic heterocycles. The van der Waals surface area contributed by atoms with Gasteiger partial charge in [-0.05, 0) is 18.2 Å². The Labute approximate surface area is 193 Å². The quantitative estimate of drug-likeness (QED) is 0.215. The first-order valence-corrected chi connectivity index (χ1v) is 11.0. The fraction of sp³-hybridized carbons (Fsp3) is 0.0526. The van der Waals surface area contributed by atoms with Gasteiger partial charge in [0.25, 0.3) is 22.5 Å². The summed E-state index contributed by atoms with van der Waals surface area (Å²) in [5.74, 6) is -0.432. The molecule has 4 aromatic rings. The van der Waals surface area contributed by atoms with Gasteiger partial charge in [0.05, 0.1) is 21.3 Å². The molecular weight excluding hydrogens is 472 g/mol. The molecule has 0 aliphatic rings. The Morgan fingerprint density at radius 1 is 1.06 bits per heavy atom. The van der Waals surface area contributed by atoms with Crippen LogP contribution in [0.2, 0.25) is 0 Å². The first-order chi connectivity index (χ1) is 15.9. The largest absolute Gasteiger partial charge is 0.411 e. The van der Waals surface area contributed by atoms with Crippen LogP contribution >= 0.6 is 23.1 Å². The van der Waals surface area contributed by atoms with E-state index in [2.05, 4.69) is 20.5 Å². The van der Waals surface area contributed by atoms with Gasteiger partial charge in [0.1, 0.15) is 5.56 Å². The SMILES string of the molecule is O=C(CSc1nnc(-c2ccccc2[N+](=O)[O-])o1)Nc1nc(-c2ccc([N+](=O)[O-])cc2)cs1. The molecule has 0 saturated carbocycles. The number of nitro groups is 2. The van der Waals surface area contributed by atoms with E-state index in [0.717, 1.165) is 11.8 Å². The van der Waals surface area contributed by atoms with Crippen molar-refractivity contribution in [3.63, 3.8) is 0 Å². The third kappa shape index (κ3) is 5.19. The van der Waals surface area contributed by atoms with Crippen molar-refractivity contribution in [2.24, 2.45) is 0 Å². The van der Waals surface area contributed by atoms with E-state index in [9.17, 15) is 25.0 Å². The summed E-state index contributed by atoms with van der Waals surface area (Å²) in [5.41, 5.74) is 1.26. The number of rotatable bonds is 8. The van der Waals surface area contributed by atoms with Crippen LogP contribution < -0.4 is 5.32 Å². The average Bonchev–Trinajstić information content (AvgIpc) is 3.47. The highest BCUT2D eigenvalue weighted by atomic mass is 32.2. The van der Waals surface area contributed by atoms with Crippen molar-refractivity contribution < 1.29 is 19.1 Å². The minimum absolute atomic E-state index is 0.0159. The van der Waals surface area contributed by atoms with Gasteiger partial charge < -0.3 is 9.73 Å². The van der Waals surface area contributed by atoms with Gasteiger partial charge in [-0.25, -0.2) is 4.98 Å². The maximum atomic E-state index is 12.3. The molecule has 2 aromatic carbocycles. The normalized spacial score (nSPS) is 10.7. The van der Waals surface area contributed by atoms with Gasteiger partial charge in [-0.15, -0.1) is 21.5 Å². The van der Waals surface area contributed by atoms with E-state index >= 15 is 0 Å².